The fourth-order valence-corrected chi connectivity index (χ4v) is 6.56. The highest BCUT2D eigenvalue weighted by Crippen LogP contribution is 2.16. The van der Waals surface area contributed by atoms with Crippen molar-refractivity contribution in [3.63, 3.8) is 0 Å². The molecule has 0 radical (unpaired) electrons. The third kappa shape index (κ3) is 34.7. The highest BCUT2D eigenvalue weighted by Gasteiger charge is 2.28. The van der Waals surface area contributed by atoms with E-state index < -0.39 is 6.29 Å². The van der Waals surface area contributed by atoms with Crippen molar-refractivity contribution in [2.24, 2.45) is 0 Å². The topological polar surface area (TPSA) is 72.8 Å². The maximum absolute atomic E-state index is 12.7. The van der Waals surface area contributed by atoms with E-state index in [0.29, 0.717) is 30.4 Å². The predicted molar refractivity (Wildman–Crippen MR) is 204 cm³/mol. The van der Waals surface area contributed by atoms with Crippen LogP contribution in [0.3, 0.4) is 0 Å². The van der Waals surface area contributed by atoms with Crippen molar-refractivity contribution in [2.45, 2.75) is 226 Å². The number of carbonyl (C=O) groups is 2. The minimum absolute atomic E-state index is 0.0276. The fraction of sp³-hybridized carbons (Fsp3) is 0.952. The number of rotatable bonds is 38. The molecule has 48 heavy (non-hydrogen) atoms. The number of hydrogen-bond donors (Lipinski definition) is 1. The lowest BCUT2D eigenvalue weighted by Gasteiger charge is -2.32. The van der Waals surface area contributed by atoms with E-state index in [0.717, 1.165) is 38.5 Å². The molecule has 0 saturated carbocycles. The van der Waals surface area contributed by atoms with Crippen LogP contribution in [0.4, 0.5) is 0 Å². The SMILES string of the molecule is CCCCCCCCCCCCCCCCCC(=O)OC(C[N+](C)(C)CCO)OC(=O)CCCCCCCCCCCCCCCCC. The van der Waals surface area contributed by atoms with Crippen LogP contribution in [0.5, 0.6) is 0 Å². The Labute approximate surface area is 299 Å². The summed E-state index contributed by atoms with van der Waals surface area (Å²) in [7, 11) is 3.91. The number of esters is 2. The first kappa shape index (κ1) is 46.9. The minimum atomic E-state index is -0.903. The van der Waals surface area contributed by atoms with E-state index >= 15 is 0 Å². The molecule has 286 valence electrons. The van der Waals surface area contributed by atoms with Crippen LogP contribution < -0.4 is 0 Å². The van der Waals surface area contributed by atoms with Gasteiger partial charge in [-0.25, -0.2) is 0 Å². The van der Waals surface area contributed by atoms with Crippen molar-refractivity contribution in [3.8, 4) is 0 Å². The molecule has 6 nitrogen and oxygen atoms in total. The summed E-state index contributed by atoms with van der Waals surface area (Å²) in [6, 6.07) is 0. The van der Waals surface area contributed by atoms with Gasteiger partial charge in [-0.15, -0.1) is 0 Å². The van der Waals surface area contributed by atoms with Crippen molar-refractivity contribution in [3.05, 3.63) is 0 Å². The molecule has 0 fully saturated rings. The number of nitrogens with zero attached hydrogens (tertiary/aromatic N) is 1. The second-order valence-corrected chi connectivity index (χ2v) is 15.4. The molecule has 0 aromatic heterocycles. The average molecular weight is 683 g/mol. The Kier molecular flexibility index (Phi) is 34.8. The molecule has 0 aromatic rings. The third-order valence-electron chi connectivity index (χ3n) is 9.84. The maximum atomic E-state index is 12.7. The molecule has 0 amide bonds. The molecule has 0 aliphatic carbocycles. The van der Waals surface area contributed by atoms with Crippen molar-refractivity contribution < 1.29 is 28.7 Å². The minimum Gasteiger partial charge on any atom is -0.419 e. The van der Waals surface area contributed by atoms with Crippen LogP contribution in [-0.4, -0.2) is 61.6 Å². The van der Waals surface area contributed by atoms with Gasteiger partial charge in [0.25, 0.3) is 6.29 Å². The molecule has 0 atom stereocenters. The molecular formula is C42H84NO5+. The van der Waals surface area contributed by atoms with E-state index in [1.54, 1.807) is 0 Å². The van der Waals surface area contributed by atoms with Gasteiger partial charge in [-0.05, 0) is 12.8 Å². The molecule has 0 spiro atoms. The molecule has 0 aliphatic rings. The first-order chi connectivity index (χ1) is 23.3. The highest BCUT2D eigenvalue weighted by molar-refractivity contribution is 5.71. The third-order valence-corrected chi connectivity index (χ3v) is 9.84. The lowest BCUT2D eigenvalue weighted by atomic mass is 10.0. The molecule has 0 heterocycles. The first-order valence-electron chi connectivity index (χ1n) is 21.2. The van der Waals surface area contributed by atoms with Crippen LogP contribution in [-0.2, 0) is 19.1 Å². The average Bonchev–Trinajstić information content (AvgIpc) is 3.04. The number of unbranched alkanes of at least 4 members (excludes halogenated alkanes) is 28. The Morgan fingerprint density at radius 1 is 0.458 bits per heavy atom. The Bertz CT molecular complexity index is 650. The summed E-state index contributed by atoms with van der Waals surface area (Å²) in [5.41, 5.74) is 0. The molecule has 0 unspecified atom stereocenters. The number of carbonyl (C=O) groups excluding carboxylic acids is 2. The number of quaternary nitrogens is 1. The smallest absolute Gasteiger partial charge is 0.309 e. The first-order valence-corrected chi connectivity index (χ1v) is 21.2. The second kappa shape index (κ2) is 35.7. The van der Waals surface area contributed by atoms with Crippen molar-refractivity contribution in [1.82, 2.24) is 0 Å². The fourth-order valence-electron chi connectivity index (χ4n) is 6.56. The van der Waals surface area contributed by atoms with E-state index in [2.05, 4.69) is 13.8 Å². The predicted octanol–water partition coefficient (Wildman–Crippen LogP) is 12.0. The van der Waals surface area contributed by atoms with Crippen LogP contribution in [0.15, 0.2) is 0 Å². The monoisotopic (exact) mass is 683 g/mol. The van der Waals surface area contributed by atoms with Gasteiger partial charge >= 0.3 is 11.9 Å². The summed E-state index contributed by atoms with van der Waals surface area (Å²) in [6.45, 7) is 5.42. The summed E-state index contributed by atoms with van der Waals surface area (Å²) < 4.78 is 11.8. The summed E-state index contributed by atoms with van der Waals surface area (Å²) in [5.74, 6) is -0.586. The van der Waals surface area contributed by atoms with Crippen molar-refractivity contribution >= 4 is 11.9 Å². The number of ether oxygens (including phenoxy) is 2. The van der Waals surface area contributed by atoms with Gasteiger partial charge in [-0.1, -0.05) is 194 Å². The number of hydrogen-bond acceptors (Lipinski definition) is 5. The number of aliphatic hydroxyl groups is 1. The van der Waals surface area contributed by atoms with Crippen LogP contribution in [0.1, 0.15) is 219 Å². The van der Waals surface area contributed by atoms with Gasteiger partial charge in [0.15, 0.2) is 6.54 Å². The van der Waals surface area contributed by atoms with Gasteiger partial charge in [-0.2, -0.15) is 0 Å². The largest absolute Gasteiger partial charge is 0.419 e. The molecule has 0 aromatic carbocycles. The zero-order valence-corrected chi connectivity index (χ0v) is 32.9. The van der Waals surface area contributed by atoms with Gasteiger partial charge in [0.2, 0.25) is 0 Å². The summed E-state index contributed by atoms with van der Waals surface area (Å²) in [6.07, 6.45) is 38.4. The molecule has 0 saturated heterocycles. The Hall–Kier alpha value is -1.14. The van der Waals surface area contributed by atoms with E-state index in [-0.39, 0.29) is 18.5 Å². The van der Waals surface area contributed by atoms with Gasteiger partial charge in [-0.3, -0.25) is 9.59 Å². The van der Waals surface area contributed by atoms with Crippen molar-refractivity contribution in [1.29, 1.82) is 0 Å². The molecule has 0 rings (SSSR count). The van der Waals surface area contributed by atoms with E-state index in [1.807, 2.05) is 14.1 Å². The van der Waals surface area contributed by atoms with Gasteiger partial charge in [0.1, 0.15) is 6.54 Å². The molecule has 0 aliphatic heterocycles. The lowest BCUT2D eigenvalue weighted by molar-refractivity contribution is -0.895. The Balaban J connectivity index is 4.01. The van der Waals surface area contributed by atoms with Crippen LogP contribution in [0.25, 0.3) is 0 Å². The van der Waals surface area contributed by atoms with Gasteiger partial charge in [0, 0.05) is 12.8 Å². The zero-order chi connectivity index (χ0) is 35.4. The van der Waals surface area contributed by atoms with Crippen LogP contribution >= 0.6 is 0 Å². The van der Waals surface area contributed by atoms with Gasteiger partial charge in [0.05, 0.1) is 20.7 Å². The molecule has 1 N–H and O–H groups in total. The van der Waals surface area contributed by atoms with Crippen LogP contribution in [0, 0.1) is 0 Å². The van der Waals surface area contributed by atoms with Crippen LogP contribution in [0.2, 0.25) is 0 Å². The lowest BCUT2D eigenvalue weighted by Crippen LogP contribution is -2.49. The number of likely N-dealkylation sites (N-methyl/N-ethyl adjacent to an activating group) is 1. The second-order valence-electron chi connectivity index (χ2n) is 15.4. The van der Waals surface area contributed by atoms with Crippen molar-refractivity contribution in [2.75, 3.05) is 33.8 Å². The quantitative estimate of drug-likeness (QED) is 0.0304. The summed E-state index contributed by atoms with van der Waals surface area (Å²) in [4.78, 5) is 25.3. The number of aliphatic hydroxyl groups excluding tert-OH is 1. The van der Waals surface area contributed by atoms with E-state index in [4.69, 9.17) is 9.47 Å². The maximum Gasteiger partial charge on any atom is 0.309 e. The van der Waals surface area contributed by atoms with E-state index in [9.17, 15) is 14.7 Å². The Morgan fingerprint density at radius 2 is 0.708 bits per heavy atom. The highest BCUT2D eigenvalue weighted by atomic mass is 16.7. The molecule has 0 bridgehead atoms. The molecule has 6 heteroatoms. The normalized spacial score (nSPS) is 11.8. The standard InChI is InChI=1S/C42H84NO5/c1-5-7-9-11-13-15-17-19-21-23-25-27-29-31-33-35-40(45)47-42(39-43(3,4)37-38-44)48-41(46)36-34-32-30-28-26-24-22-20-18-16-14-12-10-8-6-2/h42,44H,5-39H2,1-4H3/q+1. The zero-order valence-electron chi connectivity index (χ0n) is 32.9. The Morgan fingerprint density at radius 3 is 0.958 bits per heavy atom. The molecular weight excluding hydrogens is 598 g/mol. The van der Waals surface area contributed by atoms with E-state index in [1.165, 1.54) is 154 Å². The summed E-state index contributed by atoms with van der Waals surface area (Å²) in [5, 5.41) is 9.45. The summed E-state index contributed by atoms with van der Waals surface area (Å²) >= 11 is 0. The van der Waals surface area contributed by atoms with Gasteiger partial charge < -0.3 is 19.1 Å².